The number of rotatable bonds is 4. The molecule has 0 saturated heterocycles. The lowest BCUT2D eigenvalue weighted by Crippen LogP contribution is -2.34. The summed E-state index contributed by atoms with van der Waals surface area (Å²) in [5.74, 6) is 0.0571. The second kappa shape index (κ2) is 6.02. The van der Waals surface area contributed by atoms with Crippen LogP contribution >= 0.6 is 0 Å². The van der Waals surface area contributed by atoms with Crippen LogP contribution in [0.4, 0.5) is 11.4 Å². The molecule has 2 aromatic rings. The number of carbonyl (C=O) groups is 2. The molecule has 0 bridgehead atoms. The minimum absolute atomic E-state index is 0.0171. The molecule has 2 aromatic carbocycles. The first-order chi connectivity index (χ1) is 10.6. The second-order valence-corrected chi connectivity index (χ2v) is 5.41. The fourth-order valence-corrected chi connectivity index (χ4v) is 2.72. The van der Waals surface area contributed by atoms with E-state index in [4.69, 9.17) is 0 Å². The lowest BCUT2D eigenvalue weighted by atomic mass is 10.1. The predicted octanol–water partition coefficient (Wildman–Crippen LogP) is 2.89. The Balaban J connectivity index is 1.66. The molecule has 112 valence electrons. The number of ketones is 1. The molecule has 1 aliphatic heterocycles. The summed E-state index contributed by atoms with van der Waals surface area (Å²) in [6, 6.07) is 15.2. The number of benzene rings is 2. The Morgan fingerprint density at radius 3 is 2.77 bits per heavy atom. The highest BCUT2D eigenvalue weighted by Crippen LogP contribution is 2.27. The van der Waals surface area contributed by atoms with Crippen LogP contribution in [0, 0.1) is 0 Å². The number of Topliss-reactive ketones (excluding diaryl/α,β-unsaturated/α-hetero) is 1. The van der Waals surface area contributed by atoms with E-state index in [1.807, 2.05) is 35.2 Å². The lowest BCUT2D eigenvalue weighted by Gasteiger charge is -2.18. The van der Waals surface area contributed by atoms with E-state index in [-0.39, 0.29) is 18.2 Å². The van der Waals surface area contributed by atoms with E-state index in [0.29, 0.717) is 5.56 Å². The van der Waals surface area contributed by atoms with Crippen molar-refractivity contribution in [3.8, 4) is 0 Å². The summed E-state index contributed by atoms with van der Waals surface area (Å²) in [7, 11) is 0. The van der Waals surface area contributed by atoms with Gasteiger partial charge >= 0.3 is 0 Å². The van der Waals surface area contributed by atoms with E-state index in [0.717, 1.165) is 24.3 Å². The Morgan fingerprint density at radius 2 is 1.95 bits per heavy atom. The summed E-state index contributed by atoms with van der Waals surface area (Å²) in [6.45, 7) is 2.48. The average molecular weight is 294 g/mol. The van der Waals surface area contributed by atoms with Gasteiger partial charge in [0, 0.05) is 23.5 Å². The fourth-order valence-electron chi connectivity index (χ4n) is 2.72. The monoisotopic (exact) mass is 294 g/mol. The van der Waals surface area contributed by atoms with Crippen LogP contribution in [0.1, 0.15) is 22.8 Å². The van der Waals surface area contributed by atoms with Gasteiger partial charge < -0.3 is 10.2 Å². The van der Waals surface area contributed by atoms with Gasteiger partial charge in [0.25, 0.3) is 0 Å². The van der Waals surface area contributed by atoms with Gasteiger partial charge in [-0.2, -0.15) is 0 Å². The lowest BCUT2D eigenvalue weighted by molar-refractivity contribution is -0.116. The highest BCUT2D eigenvalue weighted by atomic mass is 16.2. The third-order valence-electron chi connectivity index (χ3n) is 3.90. The topological polar surface area (TPSA) is 49.4 Å². The first kappa shape index (κ1) is 14.3. The number of carbonyl (C=O) groups excluding carboxylic acids is 2. The highest BCUT2D eigenvalue weighted by Gasteiger charge is 2.23. The molecule has 0 fully saturated rings. The minimum atomic E-state index is 0.0171. The van der Waals surface area contributed by atoms with Crippen LogP contribution in [0.15, 0.2) is 48.5 Å². The Morgan fingerprint density at radius 1 is 1.14 bits per heavy atom. The van der Waals surface area contributed by atoms with Gasteiger partial charge in [0.1, 0.15) is 0 Å². The molecule has 1 N–H and O–H groups in total. The predicted molar refractivity (Wildman–Crippen MR) is 87.4 cm³/mol. The average Bonchev–Trinajstić information content (AvgIpc) is 2.97. The van der Waals surface area contributed by atoms with E-state index < -0.39 is 0 Å². The van der Waals surface area contributed by atoms with Crippen LogP contribution in [0.25, 0.3) is 0 Å². The van der Waals surface area contributed by atoms with Gasteiger partial charge in [-0.25, -0.2) is 0 Å². The minimum Gasteiger partial charge on any atom is -0.376 e. The zero-order valence-electron chi connectivity index (χ0n) is 12.5. The number of fused-ring (bicyclic) bond motifs is 1. The second-order valence-electron chi connectivity index (χ2n) is 5.41. The smallest absolute Gasteiger partial charge is 0.246 e. The summed E-state index contributed by atoms with van der Waals surface area (Å²) in [5, 5.41) is 3.10. The van der Waals surface area contributed by atoms with Crippen LogP contribution < -0.4 is 10.2 Å². The zero-order chi connectivity index (χ0) is 15.5. The van der Waals surface area contributed by atoms with Gasteiger partial charge in [-0.15, -0.1) is 0 Å². The van der Waals surface area contributed by atoms with Gasteiger partial charge in [-0.3, -0.25) is 9.59 Å². The van der Waals surface area contributed by atoms with Crippen molar-refractivity contribution in [2.75, 3.05) is 23.3 Å². The zero-order valence-corrected chi connectivity index (χ0v) is 12.5. The van der Waals surface area contributed by atoms with Crippen LogP contribution in [-0.4, -0.2) is 24.8 Å². The number of nitrogens with zero attached hydrogens (tertiary/aromatic N) is 1. The van der Waals surface area contributed by atoms with Crippen molar-refractivity contribution < 1.29 is 9.59 Å². The van der Waals surface area contributed by atoms with Crippen LogP contribution in [0.5, 0.6) is 0 Å². The molecule has 3 rings (SSSR count). The molecule has 1 aliphatic rings. The van der Waals surface area contributed by atoms with Crippen LogP contribution in [0.2, 0.25) is 0 Å². The standard InChI is InChI=1S/C18H18N2O2/c1-13(21)15-6-4-7-16(11-15)19-12-18(22)20-10-9-14-5-2-3-8-17(14)20/h2-8,11,19H,9-10,12H2,1H3. The number of anilines is 2. The van der Waals surface area contributed by atoms with Gasteiger partial charge in [0.2, 0.25) is 5.91 Å². The van der Waals surface area contributed by atoms with E-state index in [2.05, 4.69) is 11.4 Å². The van der Waals surface area contributed by atoms with Crippen molar-refractivity contribution in [3.05, 3.63) is 59.7 Å². The molecule has 0 unspecified atom stereocenters. The van der Waals surface area contributed by atoms with E-state index in [9.17, 15) is 9.59 Å². The summed E-state index contributed by atoms with van der Waals surface area (Å²) in [6.07, 6.45) is 0.904. The highest BCUT2D eigenvalue weighted by molar-refractivity contribution is 5.98. The summed E-state index contributed by atoms with van der Waals surface area (Å²) in [5.41, 5.74) is 3.65. The summed E-state index contributed by atoms with van der Waals surface area (Å²) in [4.78, 5) is 25.6. The van der Waals surface area contributed by atoms with Crippen LogP contribution in [0.3, 0.4) is 0 Å². The molecule has 1 heterocycles. The largest absolute Gasteiger partial charge is 0.376 e. The van der Waals surface area contributed by atoms with Crippen molar-refractivity contribution in [2.24, 2.45) is 0 Å². The molecule has 0 spiro atoms. The molecule has 1 amide bonds. The number of amides is 1. The molecule has 22 heavy (non-hydrogen) atoms. The maximum Gasteiger partial charge on any atom is 0.246 e. The van der Waals surface area contributed by atoms with Crippen molar-refractivity contribution in [1.29, 1.82) is 0 Å². The van der Waals surface area contributed by atoms with Crippen molar-refractivity contribution in [3.63, 3.8) is 0 Å². The molecule has 0 aromatic heterocycles. The molecule has 4 heteroatoms. The molecule has 4 nitrogen and oxygen atoms in total. The Hall–Kier alpha value is -2.62. The normalized spacial score (nSPS) is 12.9. The van der Waals surface area contributed by atoms with Gasteiger partial charge in [-0.1, -0.05) is 30.3 Å². The fraction of sp³-hybridized carbons (Fsp3) is 0.222. The van der Waals surface area contributed by atoms with Crippen LogP contribution in [-0.2, 0) is 11.2 Å². The van der Waals surface area contributed by atoms with E-state index in [1.54, 1.807) is 12.1 Å². The number of nitrogens with one attached hydrogen (secondary N) is 1. The Labute approximate surface area is 129 Å². The maximum absolute atomic E-state index is 12.4. The number of hydrogen-bond acceptors (Lipinski definition) is 3. The SMILES string of the molecule is CC(=O)c1cccc(NCC(=O)N2CCc3ccccc32)c1. The van der Waals surface area contributed by atoms with Crippen molar-refractivity contribution in [2.45, 2.75) is 13.3 Å². The Bertz CT molecular complexity index is 725. The molecule has 0 saturated carbocycles. The molecule has 0 atom stereocenters. The van der Waals surface area contributed by atoms with Crippen molar-refractivity contribution >= 4 is 23.1 Å². The number of hydrogen-bond donors (Lipinski definition) is 1. The molecule has 0 radical (unpaired) electrons. The summed E-state index contributed by atoms with van der Waals surface area (Å²) < 4.78 is 0. The first-order valence-electron chi connectivity index (χ1n) is 7.38. The maximum atomic E-state index is 12.4. The quantitative estimate of drug-likeness (QED) is 0.882. The molecular formula is C18H18N2O2. The van der Waals surface area contributed by atoms with E-state index in [1.165, 1.54) is 12.5 Å². The number of para-hydroxylation sites is 1. The Kier molecular flexibility index (Phi) is 3.92. The van der Waals surface area contributed by atoms with E-state index >= 15 is 0 Å². The first-order valence-corrected chi connectivity index (χ1v) is 7.38. The van der Waals surface area contributed by atoms with Gasteiger partial charge in [-0.05, 0) is 37.1 Å². The van der Waals surface area contributed by atoms with Gasteiger partial charge in [0.05, 0.1) is 6.54 Å². The molecule has 0 aliphatic carbocycles. The van der Waals surface area contributed by atoms with Crippen molar-refractivity contribution in [1.82, 2.24) is 0 Å². The third-order valence-corrected chi connectivity index (χ3v) is 3.90. The summed E-state index contributed by atoms with van der Waals surface area (Å²) >= 11 is 0. The third kappa shape index (κ3) is 2.86. The molecular weight excluding hydrogens is 276 g/mol. The van der Waals surface area contributed by atoms with Gasteiger partial charge in [0.15, 0.2) is 5.78 Å².